The van der Waals surface area contributed by atoms with Crippen molar-refractivity contribution < 1.29 is 13.7 Å². The maximum absolute atomic E-state index is 12.4. The van der Waals surface area contributed by atoms with Crippen LogP contribution in [0.1, 0.15) is 46.5 Å². The Bertz CT molecular complexity index is 608. The fourth-order valence-corrected chi connectivity index (χ4v) is 3.03. The summed E-state index contributed by atoms with van der Waals surface area (Å²) in [4.78, 5) is 14.7. The van der Waals surface area contributed by atoms with Crippen molar-refractivity contribution in [1.29, 1.82) is 0 Å². The molecule has 1 aliphatic heterocycles. The molecule has 2 aromatic heterocycles. The summed E-state index contributed by atoms with van der Waals surface area (Å²) >= 11 is 0. The van der Waals surface area contributed by atoms with Gasteiger partial charge in [-0.1, -0.05) is 5.16 Å². The van der Waals surface area contributed by atoms with Gasteiger partial charge in [-0.05, 0) is 51.9 Å². The highest BCUT2D eigenvalue weighted by molar-refractivity contribution is 5.96. The van der Waals surface area contributed by atoms with Crippen LogP contribution in [0.3, 0.4) is 0 Å². The smallest absolute Gasteiger partial charge is 0.256 e. The molecule has 1 atom stereocenters. The number of furan rings is 1. The number of hydrogen-bond donors (Lipinski definition) is 1. The third-order valence-electron chi connectivity index (χ3n) is 4.17. The molecule has 6 nitrogen and oxygen atoms in total. The molecule has 3 rings (SSSR count). The molecule has 0 aromatic carbocycles. The predicted molar refractivity (Wildman–Crippen MR) is 80.6 cm³/mol. The number of hydrogen-bond acceptors (Lipinski definition) is 5. The van der Waals surface area contributed by atoms with Crippen LogP contribution in [-0.2, 0) is 0 Å². The van der Waals surface area contributed by atoms with Crippen molar-refractivity contribution in [3.05, 3.63) is 41.2 Å². The van der Waals surface area contributed by atoms with E-state index in [1.165, 1.54) is 12.8 Å². The van der Waals surface area contributed by atoms with Crippen molar-refractivity contribution >= 4 is 5.91 Å². The van der Waals surface area contributed by atoms with E-state index in [-0.39, 0.29) is 11.9 Å². The number of nitrogens with zero attached hydrogens (tertiary/aromatic N) is 2. The first kappa shape index (κ1) is 14.8. The highest BCUT2D eigenvalue weighted by atomic mass is 16.5. The van der Waals surface area contributed by atoms with E-state index in [1.54, 1.807) is 20.1 Å². The van der Waals surface area contributed by atoms with Crippen LogP contribution in [-0.4, -0.2) is 35.6 Å². The number of aryl methyl sites for hydroxylation is 2. The zero-order valence-electron chi connectivity index (χ0n) is 13.0. The number of carbonyl (C=O) groups is 1. The standard InChI is InChI=1S/C16H21N3O3/c1-11-15(12(2)22-18-11)16(20)17-10-13(14-6-5-9-21-14)19-7-3-4-8-19/h5-6,9,13H,3-4,7-8,10H2,1-2H3,(H,17,20)/t13-/m0/s1. The first-order chi connectivity index (χ1) is 10.7. The molecule has 0 saturated carbocycles. The van der Waals surface area contributed by atoms with Gasteiger partial charge in [0.05, 0.1) is 18.0 Å². The quantitative estimate of drug-likeness (QED) is 0.918. The van der Waals surface area contributed by atoms with Gasteiger partial charge in [0.2, 0.25) is 0 Å². The average molecular weight is 303 g/mol. The fraction of sp³-hybridized carbons (Fsp3) is 0.500. The Morgan fingerprint density at radius 2 is 2.18 bits per heavy atom. The minimum Gasteiger partial charge on any atom is -0.468 e. The topological polar surface area (TPSA) is 71.5 Å². The summed E-state index contributed by atoms with van der Waals surface area (Å²) in [6.07, 6.45) is 4.05. The molecule has 22 heavy (non-hydrogen) atoms. The van der Waals surface area contributed by atoms with Crippen molar-refractivity contribution in [2.45, 2.75) is 32.7 Å². The second-order valence-corrected chi connectivity index (χ2v) is 5.68. The van der Waals surface area contributed by atoms with E-state index in [2.05, 4.69) is 15.4 Å². The monoisotopic (exact) mass is 303 g/mol. The van der Waals surface area contributed by atoms with Gasteiger partial charge >= 0.3 is 0 Å². The molecule has 3 heterocycles. The largest absolute Gasteiger partial charge is 0.468 e. The molecule has 118 valence electrons. The summed E-state index contributed by atoms with van der Waals surface area (Å²) in [7, 11) is 0. The summed E-state index contributed by atoms with van der Waals surface area (Å²) in [6.45, 7) is 6.10. The van der Waals surface area contributed by atoms with E-state index in [4.69, 9.17) is 8.94 Å². The Hall–Kier alpha value is -2.08. The van der Waals surface area contributed by atoms with Crippen molar-refractivity contribution in [1.82, 2.24) is 15.4 Å². The maximum Gasteiger partial charge on any atom is 0.256 e. The molecule has 0 bridgehead atoms. The van der Waals surface area contributed by atoms with Crippen LogP contribution < -0.4 is 5.32 Å². The van der Waals surface area contributed by atoms with Crippen molar-refractivity contribution in [2.75, 3.05) is 19.6 Å². The van der Waals surface area contributed by atoms with Crippen LogP contribution in [0, 0.1) is 13.8 Å². The summed E-state index contributed by atoms with van der Waals surface area (Å²) in [6, 6.07) is 3.92. The second kappa shape index (κ2) is 6.36. The predicted octanol–water partition coefficient (Wildman–Crippen LogP) is 2.45. The number of amides is 1. The molecule has 6 heteroatoms. The van der Waals surface area contributed by atoms with Crippen molar-refractivity contribution in [3.63, 3.8) is 0 Å². The molecule has 1 N–H and O–H groups in total. The average Bonchev–Trinajstić information content (AvgIpc) is 3.22. The van der Waals surface area contributed by atoms with Crippen LogP contribution in [0.15, 0.2) is 27.3 Å². The molecule has 1 aliphatic rings. The molecular formula is C16H21N3O3. The normalized spacial score (nSPS) is 16.8. The van der Waals surface area contributed by atoms with E-state index < -0.39 is 0 Å². The Labute approximate surface area is 129 Å². The molecule has 2 aromatic rings. The van der Waals surface area contributed by atoms with Crippen LogP contribution >= 0.6 is 0 Å². The third-order valence-corrected chi connectivity index (χ3v) is 4.17. The number of carbonyl (C=O) groups excluding carboxylic acids is 1. The third kappa shape index (κ3) is 2.92. The van der Waals surface area contributed by atoms with Gasteiger partial charge in [0.1, 0.15) is 17.1 Å². The molecule has 0 unspecified atom stereocenters. The Morgan fingerprint density at radius 3 is 2.77 bits per heavy atom. The lowest BCUT2D eigenvalue weighted by atomic mass is 10.1. The Balaban J connectivity index is 1.70. The van der Waals surface area contributed by atoms with Gasteiger partial charge in [-0.2, -0.15) is 0 Å². The van der Waals surface area contributed by atoms with Gasteiger partial charge in [0.15, 0.2) is 0 Å². The maximum atomic E-state index is 12.4. The van der Waals surface area contributed by atoms with Crippen LogP contribution in [0.5, 0.6) is 0 Å². The van der Waals surface area contributed by atoms with E-state index in [0.717, 1.165) is 18.8 Å². The second-order valence-electron chi connectivity index (χ2n) is 5.68. The molecule has 0 radical (unpaired) electrons. The van der Waals surface area contributed by atoms with Gasteiger partial charge in [0, 0.05) is 6.54 Å². The van der Waals surface area contributed by atoms with Gasteiger partial charge in [-0.15, -0.1) is 0 Å². The molecule has 1 saturated heterocycles. The lowest BCUT2D eigenvalue weighted by molar-refractivity contribution is 0.0931. The van der Waals surface area contributed by atoms with Crippen LogP contribution in [0.2, 0.25) is 0 Å². The Kier molecular flexibility index (Phi) is 4.29. The van der Waals surface area contributed by atoms with E-state index in [1.807, 2.05) is 12.1 Å². The van der Waals surface area contributed by atoms with Gasteiger partial charge in [-0.3, -0.25) is 9.69 Å². The minimum atomic E-state index is -0.146. The summed E-state index contributed by atoms with van der Waals surface area (Å²) in [5, 5.41) is 6.82. The summed E-state index contributed by atoms with van der Waals surface area (Å²) in [5.41, 5.74) is 1.14. The van der Waals surface area contributed by atoms with E-state index in [9.17, 15) is 4.79 Å². The molecular weight excluding hydrogens is 282 g/mol. The zero-order chi connectivity index (χ0) is 15.5. The van der Waals surface area contributed by atoms with E-state index in [0.29, 0.717) is 23.6 Å². The highest BCUT2D eigenvalue weighted by Gasteiger charge is 2.27. The van der Waals surface area contributed by atoms with Gasteiger partial charge in [-0.25, -0.2) is 0 Å². The summed E-state index contributed by atoms with van der Waals surface area (Å²) < 4.78 is 10.6. The number of likely N-dealkylation sites (tertiary alicyclic amines) is 1. The van der Waals surface area contributed by atoms with Gasteiger partial charge in [0.25, 0.3) is 5.91 Å². The lowest BCUT2D eigenvalue weighted by Gasteiger charge is -2.25. The molecule has 1 amide bonds. The zero-order valence-corrected chi connectivity index (χ0v) is 13.0. The van der Waals surface area contributed by atoms with Crippen LogP contribution in [0.25, 0.3) is 0 Å². The highest BCUT2D eigenvalue weighted by Crippen LogP contribution is 2.25. The fourth-order valence-electron chi connectivity index (χ4n) is 3.03. The first-order valence-corrected chi connectivity index (χ1v) is 7.65. The molecule has 1 fully saturated rings. The number of nitrogens with one attached hydrogen (secondary N) is 1. The van der Waals surface area contributed by atoms with Gasteiger partial charge < -0.3 is 14.3 Å². The lowest BCUT2D eigenvalue weighted by Crippen LogP contribution is -2.36. The molecule has 0 spiro atoms. The number of rotatable bonds is 5. The first-order valence-electron chi connectivity index (χ1n) is 7.65. The SMILES string of the molecule is Cc1noc(C)c1C(=O)NC[C@@H](c1ccco1)N1CCCC1. The molecule has 0 aliphatic carbocycles. The van der Waals surface area contributed by atoms with Crippen molar-refractivity contribution in [2.24, 2.45) is 0 Å². The Morgan fingerprint density at radius 1 is 1.41 bits per heavy atom. The summed E-state index contributed by atoms with van der Waals surface area (Å²) in [5.74, 6) is 1.29. The van der Waals surface area contributed by atoms with Crippen LogP contribution in [0.4, 0.5) is 0 Å². The van der Waals surface area contributed by atoms with Crippen molar-refractivity contribution in [3.8, 4) is 0 Å². The minimum absolute atomic E-state index is 0.0712. The number of aromatic nitrogens is 1. The van der Waals surface area contributed by atoms with E-state index >= 15 is 0 Å².